The second-order valence-corrected chi connectivity index (χ2v) is 5.02. The predicted molar refractivity (Wildman–Crippen MR) is 77.9 cm³/mol. The molecule has 3 heteroatoms. The van der Waals surface area contributed by atoms with Crippen LogP contribution in [0.15, 0.2) is 48.5 Å². The predicted octanol–water partition coefficient (Wildman–Crippen LogP) is 4.27. The zero-order valence-corrected chi connectivity index (χ0v) is 11.2. The third kappa shape index (κ3) is 1.65. The van der Waals surface area contributed by atoms with E-state index in [1.54, 1.807) is 0 Å². The highest BCUT2D eigenvalue weighted by molar-refractivity contribution is 6.31. The molecule has 1 aliphatic rings. The largest absolute Gasteiger partial charge is 0.353 e. The van der Waals surface area contributed by atoms with Gasteiger partial charge in [0.05, 0.1) is 11.4 Å². The molecule has 1 atom stereocenters. The molecule has 1 heterocycles. The molecule has 1 aliphatic heterocycles. The summed E-state index contributed by atoms with van der Waals surface area (Å²) < 4.78 is 0. The molecule has 0 fully saturated rings. The highest BCUT2D eigenvalue weighted by Gasteiger charge is 2.31. The van der Waals surface area contributed by atoms with E-state index in [1.807, 2.05) is 18.2 Å². The molecule has 2 nitrogen and oxygen atoms in total. The Labute approximate surface area is 112 Å². The molecular weight excluding hydrogens is 244 g/mol. The van der Waals surface area contributed by atoms with E-state index >= 15 is 0 Å². The number of nitrogens with zero attached hydrogens (tertiary/aromatic N) is 2. The van der Waals surface area contributed by atoms with Gasteiger partial charge in [-0.15, -0.1) is 0 Å². The van der Waals surface area contributed by atoms with E-state index in [9.17, 15) is 0 Å². The summed E-state index contributed by atoms with van der Waals surface area (Å²) >= 11 is 6.13. The number of benzene rings is 2. The minimum absolute atomic E-state index is 0.292. The van der Waals surface area contributed by atoms with Crippen molar-refractivity contribution in [2.45, 2.75) is 13.1 Å². The summed E-state index contributed by atoms with van der Waals surface area (Å²) in [6, 6.07) is 16.5. The molecular formula is C15H15ClN2. The number of rotatable bonds is 1. The average Bonchev–Trinajstić information content (AvgIpc) is 2.63. The van der Waals surface area contributed by atoms with Gasteiger partial charge in [0.25, 0.3) is 0 Å². The maximum absolute atomic E-state index is 6.13. The summed E-state index contributed by atoms with van der Waals surface area (Å²) in [5.41, 5.74) is 3.58. The molecule has 0 saturated heterocycles. The Morgan fingerprint density at radius 1 is 1.00 bits per heavy atom. The van der Waals surface area contributed by atoms with E-state index in [0.29, 0.717) is 6.17 Å². The summed E-state index contributed by atoms with van der Waals surface area (Å²) in [4.78, 5) is 4.57. The number of hydrogen-bond acceptors (Lipinski definition) is 2. The molecule has 0 aromatic heterocycles. The van der Waals surface area contributed by atoms with Gasteiger partial charge in [-0.1, -0.05) is 29.8 Å². The SMILES string of the molecule is CC1N(C)c2ccc(Cl)cc2N1c1ccccc1. The van der Waals surface area contributed by atoms with Gasteiger partial charge in [-0.2, -0.15) is 0 Å². The van der Waals surface area contributed by atoms with Crippen molar-refractivity contribution in [3.05, 3.63) is 53.6 Å². The highest BCUT2D eigenvalue weighted by Crippen LogP contribution is 2.44. The first-order valence-electron chi connectivity index (χ1n) is 6.05. The number of para-hydroxylation sites is 1. The Balaban J connectivity index is 2.15. The second kappa shape index (κ2) is 4.21. The molecule has 0 spiro atoms. The van der Waals surface area contributed by atoms with Crippen molar-refractivity contribution in [3.8, 4) is 0 Å². The van der Waals surface area contributed by atoms with Crippen LogP contribution in [0.1, 0.15) is 6.92 Å². The maximum Gasteiger partial charge on any atom is 0.103 e. The first kappa shape index (κ1) is 11.4. The first-order valence-corrected chi connectivity index (χ1v) is 6.43. The molecule has 18 heavy (non-hydrogen) atoms. The van der Waals surface area contributed by atoms with Crippen LogP contribution in [0.4, 0.5) is 17.1 Å². The van der Waals surface area contributed by atoms with Gasteiger partial charge >= 0.3 is 0 Å². The Morgan fingerprint density at radius 2 is 1.72 bits per heavy atom. The van der Waals surface area contributed by atoms with Crippen LogP contribution in [0.3, 0.4) is 0 Å². The van der Waals surface area contributed by atoms with Crippen molar-refractivity contribution in [1.29, 1.82) is 0 Å². The van der Waals surface area contributed by atoms with Crippen LogP contribution in [0.2, 0.25) is 5.02 Å². The van der Waals surface area contributed by atoms with E-state index < -0.39 is 0 Å². The molecule has 92 valence electrons. The number of anilines is 3. The number of halogens is 1. The molecule has 0 N–H and O–H groups in total. The molecule has 0 saturated carbocycles. The first-order chi connectivity index (χ1) is 8.68. The molecule has 0 amide bonds. The fourth-order valence-corrected chi connectivity index (χ4v) is 2.67. The summed E-state index contributed by atoms with van der Waals surface area (Å²) in [7, 11) is 2.11. The van der Waals surface area contributed by atoms with Gasteiger partial charge < -0.3 is 9.80 Å². The maximum atomic E-state index is 6.13. The quantitative estimate of drug-likeness (QED) is 0.754. The van der Waals surface area contributed by atoms with E-state index in [1.165, 1.54) is 17.1 Å². The van der Waals surface area contributed by atoms with Gasteiger partial charge in [-0.25, -0.2) is 0 Å². The Kier molecular flexibility index (Phi) is 2.67. The van der Waals surface area contributed by atoms with Crippen LogP contribution >= 0.6 is 11.6 Å². The molecule has 1 unspecified atom stereocenters. The van der Waals surface area contributed by atoms with E-state index in [-0.39, 0.29) is 0 Å². The lowest BCUT2D eigenvalue weighted by molar-refractivity contribution is 0.734. The van der Waals surface area contributed by atoms with Crippen LogP contribution in [0.25, 0.3) is 0 Å². The van der Waals surface area contributed by atoms with E-state index in [2.05, 4.69) is 54.1 Å². The number of fused-ring (bicyclic) bond motifs is 1. The van der Waals surface area contributed by atoms with Gasteiger partial charge in [0.2, 0.25) is 0 Å². The molecule has 0 radical (unpaired) electrons. The monoisotopic (exact) mass is 258 g/mol. The smallest absolute Gasteiger partial charge is 0.103 e. The lowest BCUT2D eigenvalue weighted by Gasteiger charge is -2.27. The summed E-state index contributed by atoms with van der Waals surface area (Å²) in [5, 5.41) is 0.775. The van der Waals surface area contributed by atoms with Crippen molar-refractivity contribution < 1.29 is 0 Å². The topological polar surface area (TPSA) is 6.48 Å². The lowest BCUT2D eigenvalue weighted by Crippen LogP contribution is -2.35. The molecule has 2 aromatic carbocycles. The van der Waals surface area contributed by atoms with Gasteiger partial charge in [-0.3, -0.25) is 0 Å². The van der Waals surface area contributed by atoms with Crippen molar-refractivity contribution in [2.24, 2.45) is 0 Å². The van der Waals surface area contributed by atoms with Gasteiger partial charge in [0, 0.05) is 17.8 Å². The van der Waals surface area contributed by atoms with Gasteiger partial charge in [0.1, 0.15) is 6.17 Å². The third-order valence-electron chi connectivity index (χ3n) is 3.55. The van der Waals surface area contributed by atoms with Crippen LogP contribution in [0.5, 0.6) is 0 Å². The highest BCUT2D eigenvalue weighted by atomic mass is 35.5. The molecule has 2 aromatic rings. The van der Waals surface area contributed by atoms with Crippen molar-refractivity contribution in [3.63, 3.8) is 0 Å². The van der Waals surface area contributed by atoms with E-state index in [4.69, 9.17) is 11.6 Å². The Morgan fingerprint density at radius 3 is 2.44 bits per heavy atom. The van der Waals surface area contributed by atoms with Crippen LogP contribution in [-0.4, -0.2) is 13.2 Å². The lowest BCUT2D eigenvalue weighted by atomic mass is 10.2. The third-order valence-corrected chi connectivity index (χ3v) is 3.78. The minimum atomic E-state index is 0.292. The second-order valence-electron chi connectivity index (χ2n) is 4.58. The van der Waals surface area contributed by atoms with Crippen LogP contribution in [0, 0.1) is 0 Å². The summed E-state index contributed by atoms with van der Waals surface area (Å²) in [5.74, 6) is 0. The van der Waals surface area contributed by atoms with Crippen molar-refractivity contribution in [1.82, 2.24) is 0 Å². The van der Waals surface area contributed by atoms with Crippen molar-refractivity contribution in [2.75, 3.05) is 16.8 Å². The van der Waals surface area contributed by atoms with Crippen LogP contribution in [-0.2, 0) is 0 Å². The zero-order valence-electron chi connectivity index (χ0n) is 10.5. The van der Waals surface area contributed by atoms with Crippen molar-refractivity contribution >= 4 is 28.7 Å². The number of hydrogen-bond donors (Lipinski definition) is 0. The molecule has 0 aliphatic carbocycles. The van der Waals surface area contributed by atoms with E-state index in [0.717, 1.165) is 5.02 Å². The summed E-state index contributed by atoms with van der Waals surface area (Å²) in [6.45, 7) is 2.20. The molecule has 0 bridgehead atoms. The van der Waals surface area contributed by atoms with Crippen LogP contribution < -0.4 is 9.80 Å². The summed E-state index contributed by atoms with van der Waals surface area (Å²) in [6.07, 6.45) is 0.292. The normalized spacial score (nSPS) is 18.1. The fourth-order valence-electron chi connectivity index (χ4n) is 2.51. The Hall–Kier alpha value is -1.67. The van der Waals surface area contributed by atoms with Gasteiger partial charge in [0.15, 0.2) is 0 Å². The van der Waals surface area contributed by atoms with Gasteiger partial charge in [-0.05, 0) is 37.3 Å². The average molecular weight is 259 g/mol. The minimum Gasteiger partial charge on any atom is -0.353 e. The molecule has 3 rings (SSSR count). The Bertz CT molecular complexity index is 568. The fraction of sp³-hybridized carbons (Fsp3) is 0.200. The zero-order chi connectivity index (χ0) is 12.7. The standard InChI is InChI=1S/C15H15ClN2/c1-11-17(2)14-9-8-12(16)10-15(14)18(11)13-6-4-3-5-7-13/h3-11H,1-2H3.